The first-order chi connectivity index (χ1) is 18.9. The van der Waals surface area contributed by atoms with Gasteiger partial charge in [0.25, 0.3) is 0 Å². The molecule has 5 fully saturated rings. The van der Waals surface area contributed by atoms with E-state index in [4.69, 9.17) is 4.74 Å². The zero-order valence-corrected chi connectivity index (χ0v) is 24.5. The number of fused-ring (bicyclic) bond motifs is 5. The molecule has 5 aliphatic carbocycles. The van der Waals surface area contributed by atoms with Crippen molar-refractivity contribution in [2.75, 3.05) is 6.61 Å². The van der Waals surface area contributed by atoms with Crippen LogP contribution in [0.25, 0.3) is 0 Å². The molecular weight excluding hydrogens is 484 g/mol. The van der Waals surface area contributed by atoms with E-state index in [1.54, 1.807) is 0 Å². The van der Waals surface area contributed by atoms with Crippen molar-refractivity contribution in [3.63, 3.8) is 0 Å². The molecule has 1 aromatic carbocycles. The van der Waals surface area contributed by atoms with Crippen LogP contribution in [0, 0.1) is 39.4 Å². The van der Waals surface area contributed by atoms with E-state index in [0.717, 1.165) is 50.2 Å². The van der Waals surface area contributed by atoms with Crippen LogP contribution in [0.3, 0.4) is 0 Å². The summed E-state index contributed by atoms with van der Waals surface area (Å²) in [5.41, 5.74) is 1.67. The molecule has 0 bridgehead atoms. The van der Waals surface area contributed by atoms with Crippen LogP contribution in [0.4, 0.5) is 0 Å². The molecule has 5 saturated carbocycles. The van der Waals surface area contributed by atoms with Gasteiger partial charge in [0.05, 0.1) is 18.8 Å². The van der Waals surface area contributed by atoms with E-state index < -0.39 is 0 Å². The summed E-state index contributed by atoms with van der Waals surface area (Å²) in [6.45, 7) is 5.50. The van der Waals surface area contributed by atoms with Gasteiger partial charge in [-0.05, 0) is 131 Å². The number of nitrogens with one attached hydrogen (secondary N) is 1. The third-order valence-corrected chi connectivity index (χ3v) is 12.7. The Labute approximate surface area is 236 Å². The number of aliphatic hydroxyl groups excluding tert-OH is 1. The monoisotopic (exact) mass is 536 g/mol. The van der Waals surface area contributed by atoms with E-state index in [1.807, 2.05) is 0 Å². The van der Waals surface area contributed by atoms with Crippen molar-refractivity contribution in [3.8, 4) is 5.75 Å². The van der Waals surface area contributed by atoms with Crippen LogP contribution in [0.5, 0.6) is 5.75 Å². The Balaban J connectivity index is 1.09. The summed E-state index contributed by atoms with van der Waals surface area (Å²) < 4.78 is 6.43. The molecule has 216 valence electrons. The molecule has 5 nitrogen and oxygen atoms in total. The largest absolute Gasteiger partial charge is 0.494 e. The van der Waals surface area contributed by atoms with Crippen LogP contribution < -0.4 is 10.1 Å². The molecule has 39 heavy (non-hydrogen) atoms. The van der Waals surface area contributed by atoms with Crippen LogP contribution in [0.2, 0.25) is 0 Å². The van der Waals surface area contributed by atoms with E-state index in [2.05, 4.69) is 48.6 Å². The van der Waals surface area contributed by atoms with Gasteiger partial charge in [-0.2, -0.15) is 4.91 Å². The van der Waals surface area contributed by atoms with E-state index in [1.165, 1.54) is 63.4 Å². The fourth-order valence-corrected chi connectivity index (χ4v) is 10.5. The first-order valence-corrected chi connectivity index (χ1v) is 16.4. The van der Waals surface area contributed by atoms with Gasteiger partial charge in [0.1, 0.15) is 5.75 Å². The Morgan fingerprint density at radius 3 is 2.69 bits per heavy atom. The predicted molar refractivity (Wildman–Crippen MR) is 157 cm³/mol. The molecule has 2 N–H and O–H groups in total. The lowest BCUT2D eigenvalue weighted by Crippen LogP contribution is -2.55. The second-order valence-electron chi connectivity index (χ2n) is 14.4. The zero-order chi connectivity index (χ0) is 27.0. The second-order valence-corrected chi connectivity index (χ2v) is 14.4. The molecule has 5 heteroatoms. The number of benzene rings is 1. The quantitative estimate of drug-likeness (QED) is 0.331. The van der Waals surface area contributed by atoms with Crippen LogP contribution in [-0.4, -0.2) is 29.9 Å². The van der Waals surface area contributed by atoms with Crippen molar-refractivity contribution < 1.29 is 9.84 Å². The van der Waals surface area contributed by atoms with Crippen LogP contribution in [0.15, 0.2) is 29.4 Å². The Kier molecular flexibility index (Phi) is 8.12. The third-order valence-electron chi connectivity index (χ3n) is 12.7. The maximum absolute atomic E-state index is 11.4. The predicted octanol–water partition coefficient (Wildman–Crippen LogP) is 7.96. The van der Waals surface area contributed by atoms with E-state index >= 15 is 0 Å². The van der Waals surface area contributed by atoms with Crippen molar-refractivity contribution in [3.05, 3.63) is 34.7 Å². The van der Waals surface area contributed by atoms with Crippen molar-refractivity contribution in [1.29, 1.82) is 0 Å². The molecule has 0 aromatic heterocycles. The Bertz CT molecular complexity index is 994. The number of nitroso groups, excluding NO2 is 1. The fraction of sp³-hybridized carbons (Fsp3) is 0.824. The van der Waals surface area contributed by atoms with Crippen molar-refractivity contribution in [2.45, 2.75) is 134 Å². The smallest absolute Gasteiger partial charge is 0.119 e. The van der Waals surface area contributed by atoms with Gasteiger partial charge in [0.15, 0.2) is 0 Å². The minimum Gasteiger partial charge on any atom is -0.494 e. The molecule has 1 aromatic rings. The van der Waals surface area contributed by atoms with Crippen LogP contribution in [0.1, 0.15) is 122 Å². The Hall–Kier alpha value is -1.46. The SMILES string of the molecule is CC(NC1CCCCC1)c1cccc(OCC[C@]23CCC4C(CCC5CC(N=O)CC[C@@]54C)C2CC[C@@H]3O)c1. The minimum absolute atomic E-state index is 0.0133. The average molecular weight is 537 g/mol. The van der Waals surface area contributed by atoms with Crippen LogP contribution >= 0.6 is 0 Å². The van der Waals surface area contributed by atoms with Crippen molar-refractivity contribution in [2.24, 2.45) is 39.7 Å². The number of hydrogen-bond acceptors (Lipinski definition) is 5. The zero-order valence-electron chi connectivity index (χ0n) is 24.5. The van der Waals surface area contributed by atoms with E-state index in [-0.39, 0.29) is 17.6 Å². The number of ether oxygens (including phenoxy) is 1. The van der Waals surface area contributed by atoms with Gasteiger partial charge in [-0.25, -0.2) is 0 Å². The molecule has 0 radical (unpaired) electrons. The number of hydrogen-bond donors (Lipinski definition) is 2. The van der Waals surface area contributed by atoms with E-state index in [9.17, 15) is 10.0 Å². The summed E-state index contributed by atoms with van der Waals surface area (Å²) in [5, 5.41) is 18.7. The first-order valence-electron chi connectivity index (χ1n) is 16.4. The lowest BCUT2D eigenvalue weighted by molar-refractivity contribution is -0.132. The highest BCUT2D eigenvalue weighted by molar-refractivity contribution is 5.30. The molecule has 0 amide bonds. The van der Waals surface area contributed by atoms with Gasteiger partial charge in [0.2, 0.25) is 0 Å². The Morgan fingerprint density at radius 2 is 1.87 bits per heavy atom. The topological polar surface area (TPSA) is 70.9 Å². The average Bonchev–Trinajstić information content (AvgIpc) is 3.29. The first kappa shape index (κ1) is 27.7. The summed E-state index contributed by atoms with van der Waals surface area (Å²) >= 11 is 0. The highest BCUT2D eigenvalue weighted by Gasteiger charge is 2.61. The van der Waals surface area contributed by atoms with Gasteiger partial charge in [-0.3, -0.25) is 0 Å². The molecule has 0 saturated heterocycles. The number of aliphatic hydroxyl groups is 1. The second kappa shape index (κ2) is 11.4. The van der Waals surface area contributed by atoms with Gasteiger partial charge >= 0.3 is 0 Å². The van der Waals surface area contributed by atoms with Crippen LogP contribution in [-0.2, 0) is 0 Å². The lowest BCUT2D eigenvalue weighted by atomic mass is 9.44. The standard InChI is InChI=1S/C34H52N2O3/c1-23(35-26-8-4-3-5-9-26)24-7-6-10-28(21-24)39-20-19-34-18-16-30-29(31(34)13-14-32(34)37)12-11-25-22-27(36-38)15-17-33(25,30)2/h6-7,10,21,23,25-27,29-32,35,37H,3-5,8-9,11-20,22H2,1-2H3/t23?,25?,27?,29?,30?,31?,32-,33-,34+/m0/s1. The number of nitrogens with zero attached hydrogens (tertiary/aromatic N) is 1. The lowest BCUT2D eigenvalue weighted by Gasteiger charge is -2.61. The van der Waals surface area contributed by atoms with Gasteiger partial charge < -0.3 is 15.2 Å². The Morgan fingerprint density at radius 1 is 1.03 bits per heavy atom. The van der Waals surface area contributed by atoms with E-state index in [0.29, 0.717) is 41.9 Å². The molecule has 0 aliphatic heterocycles. The fourth-order valence-electron chi connectivity index (χ4n) is 10.5. The third kappa shape index (κ3) is 5.20. The molecule has 6 rings (SSSR count). The number of rotatable bonds is 8. The van der Waals surface area contributed by atoms with Gasteiger partial charge in [-0.15, -0.1) is 0 Å². The highest BCUT2D eigenvalue weighted by atomic mass is 16.5. The molecule has 0 heterocycles. The summed E-state index contributed by atoms with van der Waals surface area (Å²) in [6.07, 6.45) is 17.5. The molecule has 5 aliphatic rings. The minimum atomic E-state index is -0.196. The van der Waals surface area contributed by atoms with Crippen molar-refractivity contribution >= 4 is 0 Å². The molecule has 6 unspecified atom stereocenters. The summed E-state index contributed by atoms with van der Waals surface area (Å²) in [5.74, 6) is 3.68. The summed E-state index contributed by atoms with van der Waals surface area (Å²) in [6, 6.07) is 9.69. The highest BCUT2D eigenvalue weighted by Crippen LogP contribution is 2.67. The molecule has 9 atom stereocenters. The van der Waals surface area contributed by atoms with Gasteiger partial charge in [0, 0.05) is 17.5 Å². The normalized spacial score (nSPS) is 41.2. The summed E-state index contributed by atoms with van der Waals surface area (Å²) in [7, 11) is 0. The van der Waals surface area contributed by atoms with Crippen molar-refractivity contribution in [1.82, 2.24) is 5.32 Å². The maximum atomic E-state index is 11.4. The molecule has 0 spiro atoms. The molecular formula is C34H52N2O3. The maximum Gasteiger partial charge on any atom is 0.119 e. The van der Waals surface area contributed by atoms with Gasteiger partial charge in [-0.1, -0.05) is 43.5 Å². The summed E-state index contributed by atoms with van der Waals surface area (Å²) in [4.78, 5) is 11.3.